The number of aliphatic hydroxyl groups is 2. The van der Waals surface area contributed by atoms with Gasteiger partial charge in [-0.15, -0.1) is 0 Å². The van der Waals surface area contributed by atoms with Crippen LogP contribution in [0.15, 0.2) is 18.2 Å². The Morgan fingerprint density at radius 1 is 1.23 bits per heavy atom. The highest BCUT2D eigenvalue weighted by Crippen LogP contribution is 2.77. The Morgan fingerprint density at radius 3 is 2.77 bits per heavy atom. The van der Waals surface area contributed by atoms with E-state index in [1.165, 1.54) is 18.1 Å². The van der Waals surface area contributed by atoms with Gasteiger partial charge in [0.05, 0.1) is 11.7 Å². The highest BCUT2D eigenvalue weighted by molar-refractivity contribution is 5.69. The monoisotopic (exact) mass is 356 g/mol. The Balaban J connectivity index is 1.53. The normalized spacial score (nSPS) is 45.6. The molecule has 0 spiro atoms. The first-order chi connectivity index (χ1) is 12.3. The van der Waals surface area contributed by atoms with Crippen molar-refractivity contribution in [2.75, 3.05) is 0 Å². The number of carbonyl (C=O) groups excluding carboxylic acids is 1. The second kappa shape index (κ2) is 5.11. The Bertz CT molecular complexity index is 788. The average molecular weight is 356 g/mol. The highest BCUT2D eigenvalue weighted by atomic mass is 16.5. The summed E-state index contributed by atoms with van der Waals surface area (Å²) in [6, 6.07) is 6.10. The number of carbonyl (C=O) groups is 1. The summed E-state index contributed by atoms with van der Waals surface area (Å²) in [6.07, 6.45) is 6.09. The quantitative estimate of drug-likeness (QED) is 0.598. The molecule has 3 saturated carbocycles. The molecule has 0 aliphatic heterocycles. The Labute approximate surface area is 154 Å². The van der Waals surface area contributed by atoms with Gasteiger partial charge in [0.1, 0.15) is 5.75 Å². The van der Waals surface area contributed by atoms with Crippen LogP contribution < -0.4 is 4.74 Å². The Morgan fingerprint density at radius 2 is 2.04 bits per heavy atom. The third-order valence-corrected chi connectivity index (χ3v) is 8.77. The average Bonchev–Trinajstić information content (AvgIpc) is 2.93. The molecule has 5 rings (SSSR count). The molecule has 4 nitrogen and oxygen atoms in total. The molecule has 140 valence electrons. The van der Waals surface area contributed by atoms with E-state index in [1.807, 2.05) is 12.1 Å². The first kappa shape index (κ1) is 16.8. The second-order valence-corrected chi connectivity index (χ2v) is 9.38. The molecule has 2 bridgehead atoms. The predicted octanol–water partition coefficient (Wildman–Crippen LogP) is 3.33. The molecule has 2 N–H and O–H groups in total. The van der Waals surface area contributed by atoms with E-state index in [4.69, 9.17) is 4.74 Å². The minimum atomic E-state index is -0.891. The molecule has 1 aromatic rings. The van der Waals surface area contributed by atoms with Crippen LogP contribution in [0.2, 0.25) is 0 Å². The minimum absolute atomic E-state index is 0.0658. The molecule has 3 fully saturated rings. The van der Waals surface area contributed by atoms with Crippen molar-refractivity contribution in [2.24, 2.45) is 16.7 Å². The van der Waals surface area contributed by atoms with Crippen molar-refractivity contribution in [3.05, 3.63) is 29.3 Å². The van der Waals surface area contributed by atoms with Crippen LogP contribution in [-0.4, -0.2) is 27.9 Å². The molecule has 0 unspecified atom stereocenters. The summed E-state index contributed by atoms with van der Waals surface area (Å²) >= 11 is 0. The van der Waals surface area contributed by atoms with Crippen molar-refractivity contribution in [3.63, 3.8) is 0 Å². The van der Waals surface area contributed by atoms with Crippen LogP contribution in [0.4, 0.5) is 0 Å². The van der Waals surface area contributed by atoms with Gasteiger partial charge in [0.25, 0.3) is 0 Å². The van der Waals surface area contributed by atoms with Crippen LogP contribution in [0.25, 0.3) is 0 Å². The van der Waals surface area contributed by atoms with Gasteiger partial charge in [-0.3, -0.25) is 4.79 Å². The van der Waals surface area contributed by atoms with Gasteiger partial charge >= 0.3 is 5.97 Å². The van der Waals surface area contributed by atoms with Crippen LogP contribution in [0.1, 0.15) is 69.4 Å². The second-order valence-electron chi connectivity index (χ2n) is 9.38. The van der Waals surface area contributed by atoms with Crippen LogP contribution in [0.3, 0.4) is 0 Å². The number of ether oxygens (including phenoxy) is 1. The van der Waals surface area contributed by atoms with E-state index in [2.05, 4.69) is 13.0 Å². The van der Waals surface area contributed by atoms with Gasteiger partial charge in [0.15, 0.2) is 0 Å². The number of hydrogen-bond acceptors (Lipinski definition) is 4. The first-order valence-corrected chi connectivity index (χ1v) is 10.0. The standard InChI is InChI=1S/C22H28O4/c1-13(23)26-15-4-5-16-14(11-15)3-6-18-17(16)7-8-20(2)21(18)9-10-22(20,25)19(24)12-21/h4-5,11,17-19,24-25H,3,6-10,12H2,1-2H3/t17-,18-,19+,20+,21+,22+/m1/s1. The molecule has 0 heterocycles. The van der Waals surface area contributed by atoms with Crippen molar-refractivity contribution in [3.8, 4) is 5.75 Å². The van der Waals surface area contributed by atoms with E-state index in [0.29, 0.717) is 17.6 Å². The predicted molar refractivity (Wildman–Crippen MR) is 96.9 cm³/mol. The lowest BCUT2D eigenvalue weighted by Gasteiger charge is -2.56. The summed E-state index contributed by atoms with van der Waals surface area (Å²) in [5.41, 5.74) is 1.71. The van der Waals surface area contributed by atoms with E-state index in [-0.39, 0.29) is 16.8 Å². The lowest BCUT2D eigenvalue weighted by atomic mass is 9.48. The number of aryl methyl sites for hydroxylation is 1. The lowest BCUT2D eigenvalue weighted by Crippen LogP contribution is -2.53. The Kier molecular flexibility index (Phi) is 3.29. The van der Waals surface area contributed by atoms with Gasteiger partial charge in [0, 0.05) is 12.3 Å². The maximum absolute atomic E-state index is 11.3. The smallest absolute Gasteiger partial charge is 0.308 e. The van der Waals surface area contributed by atoms with Crippen molar-refractivity contribution in [1.29, 1.82) is 0 Å². The summed E-state index contributed by atoms with van der Waals surface area (Å²) in [5, 5.41) is 21.9. The van der Waals surface area contributed by atoms with Crippen molar-refractivity contribution in [1.82, 2.24) is 0 Å². The molecular formula is C22H28O4. The molecule has 1 aromatic carbocycles. The molecule has 26 heavy (non-hydrogen) atoms. The summed E-state index contributed by atoms with van der Waals surface area (Å²) in [5.74, 6) is 1.38. The number of benzene rings is 1. The Hall–Kier alpha value is -1.39. The fourth-order valence-corrected chi connectivity index (χ4v) is 7.56. The van der Waals surface area contributed by atoms with Gasteiger partial charge in [-0.2, -0.15) is 0 Å². The molecule has 4 aliphatic carbocycles. The summed E-state index contributed by atoms with van der Waals surface area (Å²) in [4.78, 5) is 11.2. The molecule has 0 saturated heterocycles. The van der Waals surface area contributed by atoms with Gasteiger partial charge in [0.2, 0.25) is 0 Å². The van der Waals surface area contributed by atoms with Crippen LogP contribution in [0.5, 0.6) is 5.75 Å². The van der Waals surface area contributed by atoms with Gasteiger partial charge in [-0.05, 0) is 85.5 Å². The number of esters is 1. The largest absolute Gasteiger partial charge is 0.427 e. The summed E-state index contributed by atoms with van der Waals surface area (Å²) in [7, 11) is 0. The van der Waals surface area contributed by atoms with Crippen molar-refractivity contribution in [2.45, 2.75) is 76.4 Å². The summed E-state index contributed by atoms with van der Waals surface area (Å²) in [6.45, 7) is 3.68. The van der Waals surface area contributed by atoms with E-state index >= 15 is 0 Å². The third-order valence-electron chi connectivity index (χ3n) is 8.77. The summed E-state index contributed by atoms with van der Waals surface area (Å²) < 4.78 is 5.27. The maximum Gasteiger partial charge on any atom is 0.308 e. The molecule has 0 aromatic heterocycles. The molecule has 4 heteroatoms. The van der Waals surface area contributed by atoms with Crippen molar-refractivity contribution >= 4 is 5.97 Å². The zero-order valence-electron chi connectivity index (χ0n) is 15.6. The van der Waals surface area contributed by atoms with E-state index in [9.17, 15) is 15.0 Å². The number of rotatable bonds is 1. The van der Waals surface area contributed by atoms with Crippen LogP contribution >= 0.6 is 0 Å². The fourth-order valence-electron chi connectivity index (χ4n) is 7.56. The number of aliphatic hydroxyl groups excluding tert-OH is 1. The topological polar surface area (TPSA) is 66.8 Å². The van der Waals surface area contributed by atoms with Gasteiger partial charge in [-0.25, -0.2) is 0 Å². The van der Waals surface area contributed by atoms with Gasteiger partial charge in [-0.1, -0.05) is 13.0 Å². The third kappa shape index (κ3) is 1.80. The van der Waals surface area contributed by atoms with Crippen LogP contribution in [-0.2, 0) is 11.2 Å². The SMILES string of the molecule is CC(=O)Oc1ccc2c(c1)CC[C@@H]1[C@@H]2CC[C@@]2(C)[C@]13CC[C@]2(O)[C@@H](O)C3. The molecule has 0 radical (unpaired) electrons. The molecule has 6 atom stereocenters. The van der Waals surface area contributed by atoms with Crippen LogP contribution in [0, 0.1) is 16.7 Å². The first-order valence-electron chi connectivity index (χ1n) is 10.0. The minimum Gasteiger partial charge on any atom is -0.427 e. The molecule has 4 aliphatic rings. The number of hydrogen-bond donors (Lipinski definition) is 2. The van der Waals surface area contributed by atoms with Crippen molar-refractivity contribution < 1.29 is 19.7 Å². The fraction of sp³-hybridized carbons (Fsp3) is 0.682. The van der Waals surface area contributed by atoms with Gasteiger partial charge < -0.3 is 14.9 Å². The lowest BCUT2D eigenvalue weighted by molar-refractivity contribution is -0.131. The van der Waals surface area contributed by atoms with E-state index < -0.39 is 11.7 Å². The van der Waals surface area contributed by atoms with E-state index in [0.717, 1.165) is 44.9 Å². The zero-order chi connectivity index (χ0) is 18.3. The maximum atomic E-state index is 11.3. The molecule has 0 amide bonds. The molecular weight excluding hydrogens is 328 g/mol. The highest BCUT2D eigenvalue weighted by Gasteiger charge is 2.76. The zero-order valence-corrected chi connectivity index (χ0v) is 15.6. The number of fused-ring (bicyclic) bond motifs is 3. The van der Waals surface area contributed by atoms with E-state index in [1.54, 1.807) is 0 Å².